The molecule has 2 aliphatic heterocycles. The molecule has 262 valence electrons. The van der Waals surface area contributed by atoms with E-state index in [1.807, 2.05) is 53.6 Å². The quantitative estimate of drug-likeness (QED) is 0.128. The predicted octanol–water partition coefficient (Wildman–Crippen LogP) is 6.77. The average Bonchev–Trinajstić information content (AvgIpc) is 4.03. The largest absolute Gasteiger partial charge is 0.465 e. The molecule has 3 atom stereocenters. The van der Waals surface area contributed by atoms with Crippen LogP contribution in [0.25, 0.3) is 33.8 Å². The molecule has 4 aromatic heterocycles. The molecule has 0 saturated carbocycles. The first kappa shape index (κ1) is 32.7. The van der Waals surface area contributed by atoms with Crippen molar-refractivity contribution in [1.82, 2.24) is 40.0 Å². The van der Waals surface area contributed by atoms with Gasteiger partial charge in [0.2, 0.25) is 0 Å². The zero-order chi connectivity index (χ0) is 35.6. The molecule has 2 aliphatic rings. The number of hydrogen-bond acceptors (Lipinski definition) is 7. The van der Waals surface area contributed by atoms with Crippen molar-refractivity contribution in [2.75, 3.05) is 13.1 Å². The van der Waals surface area contributed by atoms with Crippen LogP contribution in [0.5, 0.6) is 0 Å². The molecule has 2 saturated heterocycles. The van der Waals surface area contributed by atoms with E-state index in [2.05, 4.69) is 25.3 Å². The van der Waals surface area contributed by atoms with E-state index < -0.39 is 12.1 Å². The molecule has 6 aromatic rings. The number of rotatable bonds is 9. The van der Waals surface area contributed by atoms with Crippen LogP contribution in [-0.2, 0) is 4.79 Å². The maximum Gasteiger partial charge on any atom is 0.405 e. The Hall–Kier alpha value is -6.50. The normalized spacial score (nSPS) is 17.7. The summed E-state index contributed by atoms with van der Waals surface area (Å²) < 4.78 is 5.34. The number of furan rings is 1. The van der Waals surface area contributed by atoms with Gasteiger partial charge in [-0.3, -0.25) is 14.6 Å². The first-order chi connectivity index (χ1) is 25.4. The Kier molecular flexibility index (Phi) is 8.81. The summed E-state index contributed by atoms with van der Waals surface area (Å²) in [4.78, 5) is 62.5. The summed E-state index contributed by atoms with van der Waals surface area (Å²) in [5.74, 6) is 1.30. The van der Waals surface area contributed by atoms with Gasteiger partial charge < -0.3 is 34.6 Å². The van der Waals surface area contributed by atoms with Gasteiger partial charge in [-0.2, -0.15) is 0 Å². The van der Waals surface area contributed by atoms with Crippen LogP contribution in [0, 0.1) is 0 Å². The number of H-pyrrole nitrogens is 2. The van der Waals surface area contributed by atoms with Crippen molar-refractivity contribution in [2.24, 2.45) is 0 Å². The second-order valence-electron chi connectivity index (χ2n) is 13.0. The highest BCUT2D eigenvalue weighted by Gasteiger charge is 2.37. The summed E-state index contributed by atoms with van der Waals surface area (Å²) in [6, 6.07) is 22.8. The number of nitrogens with zero attached hydrogens (tertiary/aromatic N) is 5. The van der Waals surface area contributed by atoms with Crippen molar-refractivity contribution in [2.45, 2.75) is 43.8 Å². The predicted molar refractivity (Wildman–Crippen MR) is 191 cm³/mol. The third-order valence-corrected chi connectivity index (χ3v) is 9.82. The van der Waals surface area contributed by atoms with Gasteiger partial charge >= 0.3 is 6.09 Å². The maximum atomic E-state index is 13.7. The molecule has 6 heterocycles. The minimum atomic E-state index is -1.26. The molecule has 1 unspecified atom stereocenters. The third kappa shape index (κ3) is 6.43. The molecule has 3 amide bonds. The molecule has 4 N–H and O–H groups in total. The van der Waals surface area contributed by atoms with Crippen LogP contribution in [0.4, 0.5) is 4.79 Å². The van der Waals surface area contributed by atoms with E-state index in [1.165, 1.54) is 6.26 Å². The lowest BCUT2D eigenvalue weighted by Gasteiger charge is -2.28. The average molecular weight is 697 g/mol. The lowest BCUT2D eigenvalue weighted by molar-refractivity contribution is -0.134. The molecule has 13 heteroatoms. The Labute approximate surface area is 298 Å². The van der Waals surface area contributed by atoms with Crippen molar-refractivity contribution in [3.05, 3.63) is 127 Å². The molecule has 0 radical (unpaired) electrons. The summed E-state index contributed by atoms with van der Waals surface area (Å²) in [5.41, 5.74) is 5.81. The smallest absolute Gasteiger partial charge is 0.405 e. The summed E-state index contributed by atoms with van der Waals surface area (Å²) in [5, 5.41) is 11.9. The standard InChI is InChI=1S/C39H36N8O5/c48-37(33-11-6-20-52-33)46-18-4-9-31(46)35-42-23-30(44-35)27-16-17-28(40-21-27)24-12-14-25(15-13-24)29-22-41-36(43-29)32-10-5-19-47(32)38(49)34(45-39(50)51)26-7-2-1-3-8-26/h1-3,6-8,11-17,20-23,31-32,34,45H,4-5,9-10,18-19H2,(H,41,43)(H,42,44)(H,50,51)/t31?,32-,34+/m0/s1. The van der Waals surface area contributed by atoms with Crippen molar-refractivity contribution in [3.63, 3.8) is 0 Å². The number of carboxylic acid groups (broad SMARTS) is 1. The minimum Gasteiger partial charge on any atom is -0.465 e. The monoisotopic (exact) mass is 696 g/mol. The summed E-state index contributed by atoms with van der Waals surface area (Å²) in [6.07, 6.45) is 8.84. The summed E-state index contributed by atoms with van der Waals surface area (Å²) >= 11 is 0. The lowest BCUT2D eigenvalue weighted by atomic mass is 10.0. The molecule has 8 rings (SSSR count). The number of carbonyl (C=O) groups excluding carboxylic acids is 2. The summed E-state index contributed by atoms with van der Waals surface area (Å²) in [6.45, 7) is 1.17. The lowest BCUT2D eigenvalue weighted by Crippen LogP contribution is -2.42. The van der Waals surface area contributed by atoms with E-state index in [1.54, 1.807) is 53.7 Å². The molecular weight excluding hydrogens is 660 g/mol. The van der Waals surface area contributed by atoms with Crippen LogP contribution in [0.2, 0.25) is 0 Å². The second-order valence-corrected chi connectivity index (χ2v) is 13.0. The van der Waals surface area contributed by atoms with Gasteiger partial charge in [-0.15, -0.1) is 0 Å². The number of likely N-dealkylation sites (tertiary alicyclic amines) is 2. The van der Waals surface area contributed by atoms with E-state index >= 15 is 0 Å². The van der Waals surface area contributed by atoms with E-state index in [9.17, 15) is 19.5 Å². The third-order valence-electron chi connectivity index (χ3n) is 9.82. The molecule has 2 fully saturated rings. The van der Waals surface area contributed by atoms with Gasteiger partial charge in [0.25, 0.3) is 11.8 Å². The minimum absolute atomic E-state index is 0.132. The van der Waals surface area contributed by atoms with Crippen LogP contribution >= 0.6 is 0 Å². The van der Waals surface area contributed by atoms with Gasteiger partial charge in [0, 0.05) is 30.4 Å². The highest BCUT2D eigenvalue weighted by Crippen LogP contribution is 2.35. The van der Waals surface area contributed by atoms with E-state index in [0.29, 0.717) is 30.2 Å². The zero-order valence-electron chi connectivity index (χ0n) is 28.1. The Morgan fingerprint density at radius 1 is 0.731 bits per heavy atom. The van der Waals surface area contributed by atoms with Crippen LogP contribution in [0.3, 0.4) is 0 Å². The van der Waals surface area contributed by atoms with Crippen molar-refractivity contribution in [3.8, 4) is 33.8 Å². The van der Waals surface area contributed by atoms with Crippen molar-refractivity contribution >= 4 is 17.9 Å². The number of pyridine rings is 1. The fourth-order valence-electron chi connectivity index (χ4n) is 7.22. The Balaban J connectivity index is 0.936. The Morgan fingerprint density at radius 2 is 1.37 bits per heavy atom. The number of aromatic amines is 2. The highest BCUT2D eigenvalue weighted by atomic mass is 16.4. The molecule has 2 aromatic carbocycles. The second kappa shape index (κ2) is 14.0. The van der Waals surface area contributed by atoms with Crippen LogP contribution in [0.15, 0.2) is 108 Å². The number of aromatic nitrogens is 5. The van der Waals surface area contributed by atoms with Gasteiger partial charge in [0.1, 0.15) is 17.7 Å². The van der Waals surface area contributed by atoms with Gasteiger partial charge in [-0.05, 0) is 61.1 Å². The van der Waals surface area contributed by atoms with Crippen LogP contribution in [-0.4, -0.2) is 70.8 Å². The number of hydrogen-bond donors (Lipinski definition) is 4. The highest BCUT2D eigenvalue weighted by molar-refractivity contribution is 5.92. The van der Waals surface area contributed by atoms with Gasteiger partial charge in [-0.25, -0.2) is 14.8 Å². The number of amides is 3. The topological polar surface area (TPSA) is 173 Å². The Morgan fingerprint density at radius 3 is 2.00 bits per heavy atom. The van der Waals surface area contributed by atoms with Crippen LogP contribution < -0.4 is 5.32 Å². The molecule has 0 aliphatic carbocycles. The number of benzene rings is 2. The van der Waals surface area contributed by atoms with Crippen LogP contribution in [0.1, 0.15) is 71.6 Å². The molecular formula is C39H36N8O5. The molecule has 13 nitrogen and oxygen atoms in total. The number of nitrogens with one attached hydrogen (secondary N) is 3. The van der Waals surface area contributed by atoms with Gasteiger partial charge in [0.05, 0.1) is 47.8 Å². The van der Waals surface area contributed by atoms with E-state index in [0.717, 1.165) is 65.3 Å². The molecule has 0 spiro atoms. The number of imidazole rings is 2. The van der Waals surface area contributed by atoms with E-state index in [4.69, 9.17) is 9.40 Å². The SMILES string of the molecule is O=C(O)N[C@@H](C(=O)N1CCC[C@H]1c1ncc(-c2ccc(-c3ccc(-c4cnc(C5CCCN5C(=O)c5ccco5)[nH]4)cn3)cc2)[nH]1)c1ccccc1. The molecule has 52 heavy (non-hydrogen) atoms. The maximum absolute atomic E-state index is 13.7. The van der Waals surface area contributed by atoms with Crippen molar-refractivity contribution in [1.29, 1.82) is 0 Å². The fourth-order valence-corrected chi connectivity index (χ4v) is 7.22. The number of carbonyl (C=O) groups is 3. The molecule has 0 bridgehead atoms. The van der Waals surface area contributed by atoms with E-state index in [-0.39, 0.29) is 23.9 Å². The zero-order valence-corrected chi connectivity index (χ0v) is 28.1. The van der Waals surface area contributed by atoms with Crippen molar-refractivity contribution < 1.29 is 23.9 Å². The van der Waals surface area contributed by atoms with Gasteiger partial charge in [0.15, 0.2) is 5.76 Å². The first-order valence-corrected chi connectivity index (χ1v) is 17.3. The Bertz CT molecular complexity index is 2180. The van der Waals surface area contributed by atoms with Gasteiger partial charge in [-0.1, -0.05) is 54.6 Å². The summed E-state index contributed by atoms with van der Waals surface area (Å²) in [7, 11) is 0. The fraction of sp³-hybridized carbons (Fsp3) is 0.231. The first-order valence-electron chi connectivity index (χ1n) is 17.3.